The summed E-state index contributed by atoms with van der Waals surface area (Å²) in [6.07, 6.45) is 2.48. The summed E-state index contributed by atoms with van der Waals surface area (Å²) in [6.45, 7) is 2.18. The van der Waals surface area contributed by atoms with Crippen LogP contribution in [-0.4, -0.2) is 18.3 Å². The molecule has 0 aromatic heterocycles. The van der Waals surface area contributed by atoms with Crippen LogP contribution in [0.5, 0.6) is 0 Å². The Labute approximate surface area is 99.6 Å². The number of hydrogen-bond acceptors (Lipinski definition) is 3. The lowest BCUT2D eigenvalue weighted by Gasteiger charge is -2.23. The molecule has 0 bridgehead atoms. The highest BCUT2D eigenvalue weighted by Gasteiger charge is 2.16. The summed E-state index contributed by atoms with van der Waals surface area (Å²) in [5.74, 6) is 0. The molecule has 1 aromatic carbocycles. The van der Waals surface area contributed by atoms with Crippen molar-refractivity contribution in [1.82, 2.24) is 5.32 Å². The van der Waals surface area contributed by atoms with E-state index in [4.69, 9.17) is 17.3 Å². The smallest absolute Gasteiger partial charge is 0.0562 e. The van der Waals surface area contributed by atoms with Crippen molar-refractivity contribution in [3.8, 4) is 0 Å². The van der Waals surface area contributed by atoms with E-state index in [9.17, 15) is 0 Å². The highest BCUT2D eigenvalue weighted by molar-refractivity contribution is 8.00. The average Bonchev–Trinajstić information content (AvgIpc) is 2.25. The molecule has 1 unspecified atom stereocenters. The number of halogens is 1. The van der Waals surface area contributed by atoms with Crippen molar-refractivity contribution in [2.45, 2.75) is 23.0 Å². The van der Waals surface area contributed by atoms with E-state index in [2.05, 4.69) is 5.32 Å². The number of rotatable bonds is 2. The minimum Gasteiger partial charge on any atom is -0.398 e. The monoisotopic (exact) mass is 242 g/mol. The minimum atomic E-state index is 0.598. The number of nitrogens with one attached hydrogen (secondary N) is 1. The third-order valence-corrected chi connectivity index (χ3v) is 4.39. The van der Waals surface area contributed by atoms with Gasteiger partial charge in [-0.1, -0.05) is 17.7 Å². The molecule has 1 aromatic rings. The lowest BCUT2D eigenvalue weighted by atomic mass is 10.2. The van der Waals surface area contributed by atoms with Crippen LogP contribution in [-0.2, 0) is 0 Å². The van der Waals surface area contributed by atoms with Crippen molar-refractivity contribution in [2.24, 2.45) is 0 Å². The molecule has 1 aliphatic rings. The van der Waals surface area contributed by atoms with Gasteiger partial charge in [0.15, 0.2) is 0 Å². The molecule has 1 saturated heterocycles. The van der Waals surface area contributed by atoms with Crippen LogP contribution in [0.4, 0.5) is 5.69 Å². The molecule has 1 aliphatic heterocycles. The van der Waals surface area contributed by atoms with Gasteiger partial charge in [0.2, 0.25) is 0 Å². The van der Waals surface area contributed by atoms with Gasteiger partial charge in [-0.15, -0.1) is 11.8 Å². The number of benzene rings is 1. The summed E-state index contributed by atoms with van der Waals surface area (Å²) in [5, 5.41) is 4.76. The van der Waals surface area contributed by atoms with Gasteiger partial charge >= 0.3 is 0 Å². The first-order valence-electron chi connectivity index (χ1n) is 5.19. The molecule has 82 valence electrons. The van der Waals surface area contributed by atoms with Crippen molar-refractivity contribution in [2.75, 3.05) is 18.8 Å². The Balaban J connectivity index is 2.09. The van der Waals surface area contributed by atoms with Gasteiger partial charge in [0.25, 0.3) is 0 Å². The van der Waals surface area contributed by atoms with Crippen LogP contribution in [0.25, 0.3) is 0 Å². The van der Waals surface area contributed by atoms with Crippen molar-refractivity contribution in [3.05, 3.63) is 23.2 Å². The van der Waals surface area contributed by atoms with Gasteiger partial charge in [-0.2, -0.15) is 0 Å². The molecular weight excluding hydrogens is 228 g/mol. The van der Waals surface area contributed by atoms with Gasteiger partial charge in [0.05, 0.1) is 5.02 Å². The van der Waals surface area contributed by atoms with Gasteiger partial charge in [-0.05, 0) is 31.5 Å². The lowest BCUT2D eigenvalue weighted by Crippen LogP contribution is -2.31. The second-order valence-corrected chi connectivity index (χ2v) is 5.46. The summed E-state index contributed by atoms with van der Waals surface area (Å²) in [5.41, 5.74) is 6.70. The molecular formula is C11H15ClN2S. The van der Waals surface area contributed by atoms with Crippen molar-refractivity contribution >= 4 is 29.1 Å². The zero-order valence-electron chi connectivity index (χ0n) is 8.50. The third-order valence-electron chi connectivity index (χ3n) is 2.53. The van der Waals surface area contributed by atoms with Crippen LogP contribution in [0.2, 0.25) is 5.02 Å². The number of nitrogen functional groups attached to an aromatic ring is 1. The molecule has 0 amide bonds. The first-order chi connectivity index (χ1) is 7.27. The zero-order chi connectivity index (χ0) is 10.7. The molecule has 0 aliphatic carbocycles. The molecule has 4 heteroatoms. The van der Waals surface area contributed by atoms with Crippen LogP contribution in [0, 0.1) is 0 Å². The summed E-state index contributed by atoms with van der Waals surface area (Å²) in [4.78, 5) is 1.04. The lowest BCUT2D eigenvalue weighted by molar-refractivity contribution is 0.531. The van der Waals surface area contributed by atoms with Crippen LogP contribution in [0.1, 0.15) is 12.8 Å². The fourth-order valence-corrected chi connectivity index (χ4v) is 3.26. The maximum Gasteiger partial charge on any atom is 0.0562 e. The number of nitrogens with two attached hydrogens (primary N) is 1. The van der Waals surface area contributed by atoms with E-state index < -0.39 is 0 Å². The Morgan fingerprint density at radius 1 is 1.47 bits per heavy atom. The first-order valence-corrected chi connectivity index (χ1v) is 6.44. The predicted octanol–water partition coefficient (Wildman–Crippen LogP) is 2.77. The molecule has 1 fully saturated rings. The van der Waals surface area contributed by atoms with E-state index >= 15 is 0 Å². The molecule has 2 rings (SSSR count). The van der Waals surface area contributed by atoms with Crippen LogP contribution in [0.15, 0.2) is 23.1 Å². The molecule has 15 heavy (non-hydrogen) atoms. The normalized spacial score (nSPS) is 21.5. The molecule has 0 spiro atoms. The quantitative estimate of drug-likeness (QED) is 0.784. The molecule has 3 N–H and O–H groups in total. The highest BCUT2D eigenvalue weighted by Crippen LogP contribution is 2.36. The SMILES string of the molecule is Nc1cccc(Cl)c1SC1CCCNC1. The Kier molecular flexibility index (Phi) is 3.78. The topological polar surface area (TPSA) is 38.0 Å². The minimum absolute atomic E-state index is 0.598. The summed E-state index contributed by atoms with van der Waals surface area (Å²) in [7, 11) is 0. The standard InChI is InChI=1S/C11H15ClN2S/c12-9-4-1-5-10(13)11(9)15-8-3-2-6-14-7-8/h1,4-5,8,14H,2-3,6-7,13H2. The fourth-order valence-electron chi connectivity index (χ4n) is 1.74. The molecule has 1 heterocycles. The van der Waals surface area contributed by atoms with Gasteiger partial charge in [-0.25, -0.2) is 0 Å². The van der Waals surface area contributed by atoms with Gasteiger partial charge in [-0.3, -0.25) is 0 Å². The Bertz CT molecular complexity index is 317. The van der Waals surface area contributed by atoms with E-state index in [1.807, 2.05) is 18.2 Å². The number of hydrogen-bond donors (Lipinski definition) is 2. The number of thioether (sulfide) groups is 1. The molecule has 2 nitrogen and oxygen atoms in total. The van der Waals surface area contributed by atoms with Gasteiger partial charge in [0.1, 0.15) is 0 Å². The van der Waals surface area contributed by atoms with Crippen molar-refractivity contribution < 1.29 is 0 Å². The predicted molar refractivity (Wildman–Crippen MR) is 67.6 cm³/mol. The summed E-state index contributed by atoms with van der Waals surface area (Å²) >= 11 is 7.93. The Hall–Kier alpha value is -0.380. The maximum atomic E-state index is 6.13. The van der Waals surface area contributed by atoms with Crippen LogP contribution < -0.4 is 11.1 Å². The second kappa shape index (κ2) is 5.10. The van der Waals surface area contributed by atoms with Crippen molar-refractivity contribution in [3.63, 3.8) is 0 Å². The second-order valence-electron chi connectivity index (χ2n) is 3.74. The average molecular weight is 243 g/mol. The van der Waals surface area contributed by atoms with Crippen LogP contribution >= 0.6 is 23.4 Å². The Morgan fingerprint density at radius 2 is 2.33 bits per heavy atom. The highest BCUT2D eigenvalue weighted by atomic mass is 35.5. The van der Waals surface area contributed by atoms with Crippen LogP contribution in [0.3, 0.4) is 0 Å². The van der Waals surface area contributed by atoms with E-state index in [0.717, 1.165) is 28.7 Å². The van der Waals surface area contributed by atoms with E-state index in [-0.39, 0.29) is 0 Å². The molecule has 0 saturated carbocycles. The molecule has 0 radical (unpaired) electrons. The zero-order valence-corrected chi connectivity index (χ0v) is 10.1. The van der Waals surface area contributed by atoms with Gasteiger partial charge < -0.3 is 11.1 Å². The third kappa shape index (κ3) is 2.80. The maximum absolute atomic E-state index is 6.13. The fraction of sp³-hybridized carbons (Fsp3) is 0.455. The molecule has 1 atom stereocenters. The summed E-state index contributed by atoms with van der Waals surface area (Å²) < 4.78 is 0. The van der Waals surface area contributed by atoms with Gasteiger partial charge in [0, 0.05) is 22.4 Å². The summed E-state index contributed by atoms with van der Waals surface area (Å²) in [6, 6.07) is 5.70. The number of anilines is 1. The number of piperidine rings is 1. The van der Waals surface area contributed by atoms with E-state index in [1.54, 1.807) is 11.8 Å². The first kappa shape index (κ1) is 11.1. The Morgan fingerprint density at radius 3 is 3.00 bits per heavy atom. The van der Waals surface area contributed by atoms with Crippen molar-refractivity contribution in [1.29, 1.82) is 0 Å². The van der Waals surface area contributed by atoms with E-state index in [0.29, 0.717) is 5.25 Å². The largest absolute Gasteiger partial charge is 0.398 e. The van der Waals surface area contributed by atoms with E-state index in [1.165, 1.54) is 12.8 Å².